The highest BCUT2D eigenvalue weighted by Gasteiger charge is 2.12. The van der Waals surface area contributed by atoms with Crippen molar-refractivity contribution in [3.05, 3.63) is 47.5 Å². The zero-order chi connectivity index (χ0) is 14.5. The normalized spacial score (nSPS) is 12.4. The van der Waals surface area contributed by atoms with Crippen LogP contribution in [-0.2, 0) is 13.1 Å². The molecule has 0 aliphatic rings. The SMILES string of the molecule is CCn1cncc1CNC(C)c1cc(C)ccc1OC. The molecule has 1 atom stereocenters. The van der Waals surface area contributed by atoms with Crippen LogP contribution < -0.4 is 10.1 Å². The molecular formula is C16H23N3O. The van der Waals surface area contributed by atoms with Crippen molar-refractivity contribution in [2.24, 2.45) is 0 Å². The predicted molar refractivity (Wildman–Crippen MR) is 80.9 cm³/mol. The third-order valence-electron chi connectivity index (χ3n) is 3.58. The largest absolute Gasteiger partial charge is 0.496 e. The first-order valence-electron chi connectivity index (χ1n) is 7.02. The van der Waals surface area contributed by atoms with E-state index in [1.54, 1.807) is 7.11 Å². The second-order valence-corrected chi connectivity index (χ2v) is 5.02. The lowest BCUT2D eigenvalue weighted by Crippen LogP contribution is -2.20. The first-order valence-corrected chi connectivity index (χ1v) is 7.02. The van der Waals surface area contributed by atoms with Gasteiger partial charge < -0.3 is 14.6 Å². The molecule has 4 heteroatoms. The number of benzene rings is 1. The van der Waals surface area contributed by atoms with E-state index in [2.05, 4.69) is 47.8 Å². The molecule has 0 fully saturated rings. The molecule has 0 aliphatic carbocycles. The second kappa shape index (κ2) is 6.57. The van der Waals surface area contributed by atoms with Crippen LogP contribution in [0.15, 0.2) is 30.7 Å². The lowest BCUT2D eigenvalue weighted by molar-refractivity contribution is 0.401. The molecule has 0 saturated heterocycles. The maximum atomic E-state index is 5.45. The third kappa shape index (κ3) is 3.20. The summed E-state index contributed by atoms with van der Waals surface area (Å²) in [6.07, 6.45) is 3.78. The van der Waals surface area contributed by atoms with Crippen LogP contribution in [-0.4, -0.2) is 16.7 Å². The number of methoxy groups -OCH3 is 1. The Kier molecular flexibility index (Phi) is 4.79. The number of ether oxygens (including phenoxy) is 1. The molecule has 0 spiro atoms. The maximum Gasteiger partial charge on any atom is 0.123 e. The Bertz CT molecular complexity index is 563. The van der Waals surface area contributed by atoms with Crippen molar-refractivity contribution in [2.45, 2.75) is 39.9 Å². The van der Waals surface area contributed by atoms with Crippen LogP contribution in [0, 0.1) is 6.92 Å². The highest BCUT2D eigenvalue weighted by atomic mass is 16.5. The topological polar surface area (TPSA) is 39.1 Å². The van der Waals surface area contributed by atoms with E-state index >= 15 is 0 Å². The quantitative estimate of drug-likeness (QED) is 0.879. The summed E-state index contributed by atoms with van der Waals surface area (Å²) in [7, 11) is 1.72. The minimum absolute atomic E-state index is 0.227. The number of hydrogen-bond donors (Lipinski definition) is 1. The van der Waals surface area contributed by atoms with Crippen molar-refractivity contribution >= 4 is 0 Å². The van der Waals surface area contributed by atoms with Gasteiger partial charge in [0.2, 0.25) is 0 Å². The van der Waals surface area contributed by atoms with E-state index in [1.807, 2.05) is 18.6 Å². The van der Waals surface area contributed by atoms with Gasteiger partial charge in [-0.05, 0) is 26.8 Å². The van der Waals surface area contributed by atoms with Crippen LogP contribution in [0.25, 0.3) is 0 Å². The van der Waals surface area contributed by atoms with Gasteiger partial charge in [-0.1, -0.05) is 17.7 Å². The summed E-state index contributed by atoms with van der Waals surface area (Å²) >= 11 is 0. The van der Waals surface area contributed by atoms with Crippen LogP contribution in [0.4, 0.5) is 0 Å². The smallest absolute Gasteiger partial charge is 0.123 e. The Balaban J connectivity index is 2.08. The highest BCUT2D eigenvalue weighted by Crippen LogP contribution is 2.26. The van der Waals surface area contributed by atoms with Crippen LogP contribution in [0.2, 0.25) is 0 Å². The monoisotopic (exact) mass is 273 g/mol. The Morgan fingerprint density at radius 3 is 2.90 bits per heavy atom. The van der Waals surface area contributed by atoms with Crippen LogP contribution >= 0.6 is 0 Å². The number of aryl methyl sites for hydroxylation is 2. The third-order valence-corrected chi connectivity index (χ3v) is 3.58. The van der Waals surface area contributed by atoms with Crippen LogP contribution in [0.1, 0.15) is 36.7 Å². The van der Waals surface area contributed by atoms with E-state index in [0.29, 0.717) is 0 Å². The molecule has 20 heavy (non-hydrogen) atoms. The first kappa shape index (κ1) is 14.6. The summed E-state index contributed by atoms with van der Waals surface area (Å²) in [4.78, 5) is 4.19. The van der Waals surface area contributed by atoms with Crippen molar-refractivity contribution in [1.29, 1.82) is 0 Å². The Labute approximate surface area is 120 Å². The zero-order valence-corrected chi connectivity index (χ0v) is 12.7. The van der Waals surface area contributed by atoms with E-state index in [0.717, 1.165) is 18.8 Å². The van der Waals surface area contributed by atoms with Crippen LogP contribution in [0.5, 0.6) is 5.75 Å². The van der Waals surface area contributed by atoms with Crippen molar-refractivity contribution in [3.63, 3.8) is 0 Å². The van der Waals surface area contributed by atoms with E-state index in [4.69, 9.17) is 4.74 Å². The molecule has 0 aliphatic heterocycles. The Morgan fingerprint density at radius 2 is 2.20 bits per heavy atom. The molecule has 108 valence electrons. The second-order valence-electron chi connectivity index (χ2n) is 5.02. The van der Waals surface area contributed by atoms with Gasteiger partial charge in [0.25, 0.3) is 0 Å². The van der Waals surface area contributed by atoms with Crippen molar-refractivity contribution in [3.8, 4) is 5.75 Å². The minimum Gasteiger partial charge on any atom is -0.496 e. The number of imidazole rings is 1. The van der Waals surface area contributed by atoms with E-state index < -0.39 is 0 Å². The summed E-state index contributed by atoms with van der Waals surface area (Å²) in [5.74, 6) is 0.930. The van der Waals surface area contributed by atoms with Gasteiger partial charge in [-0.3, -0.25) is 0 Å². The van der Waals surface area contributed by atoms with E-state index in [-0.39, 0.29) is 6.04 Å². The summed E-state index contributed by atoms with van der Waals surface area (Å²) in [5, 5.41) is 3.54. The average molecular weight is 273 g/mol. The molecule has 2 rings (SSSR count). The molecule has 1 N–H and O–H groups in total. The molecule has 1 aromatic heterocycles. The lowest BCUT2D eigenvalue weighted by Gasteiger charge is -2.18. The molecule has 2 aromatic rings. The molecule has 0 radical (unpaired) electrons. The fourth-order valence-electron chi connectivity index (χ4n) is 2.34. The maximum absolute atomic E-state index is 5.45. The van der Waals surface area contributed by atoms with Gasteiger partial charge >= 0.3 is 0 Å². The summed E-state index contributed by atoms with van der Waals surface area (Å²) in [5.41, 5.74) is 3.63. The highest BCUT2D eigenvalue weighted by molar-refractivity contribution is 5.38. The molecule has 1 unspecified atom stereocenters. The van der Waals surface area contributed by atoms with Gasteiger partial charge in [0.15, 0.2) is 0 Å². The Hall–Kier alpha value is -1.81. The zero-order valence-electron chi connectivity index (χ0n) is 12.7. The van der Waals surface area contributed by atoms with Crippen LogP contribution in [0.3, 0.4) is 0 Å². The minimum atomic E-state index is 0.227. The number of nitrogens with zero attached hydrogens (tertiary/aromatic N) is 2. The Morgan fingerprint density at radius 1 is 1.40 bits per heavy atom. The van der Waals surface area contributed by atoms with Gasteiger partial charge in [0.1, 0.15) is 5.75 Å². The molecule has 0 saturated carbocycles. The van der Waals surface area contributed by atoms with Gasteiger partial charge in [-0.25, -0.2) is 4.98 Å². The molecule has 0 amide bonds. The standard InChI is InChI=1S/C16H23N3O/c1-5-19-11-17-9-14(19)10-18-13(3)15-8-12(2)6-7-16(15)20-4/h6-9,11,13,18H,5,10H2,1-4H3. The first-order chi connectivity index (χ1) is 9.65. The fourth-order valence-corrected chi connectivity index (χ4v) is 2.34. The molecule has 1 heterocycles. The molecule has 1 aromatic carbocycles. The molecular weight excluding hydrogens is 250 g/mol. The van der Waals surface area contributed by atoms with Crippen molar-refractivity contribution in [1.82, 2.24) is 14.9 Å². The predicted octanol–water partition coefficient (Wildman–Crippen LogP) is 3.07. The van der Waals surface area contributed by atoms with E-state index in [1.165, 1.54) is 16.8 Å². The summed E-state index contributed by atoms with van der Waals surface area (Å²) in [6, 6.07) is 6.50. The lowest BCUT2D eigenvalue weighted by atomic mass is 10.0. The van der Waals surface area contributed by atoms with Gasteiger partial charge in [0.05, 0.1) is 19.1 Å². The van der Waals surface area contributed by atoms with Crippen molar-refractivity contribution < 1.29 is 4.74 Å². The summed E-state index contributed by atoms with van der Waals surface area (Å²) < 4.78 is 7.59. The number of aromatic nitrogens is 2. The van der Waals surface area contributed by atoms with Crippen molar-refractivity contribution in [2.75, 3.05) is 7.11 Å². The molecule has 0 bridgehead atoms. The van der Waals surface area contributed by atoms with Gasteiger partial charge in [-0.2, -0.15) is 0 Å². The number of rotatable bonds is 6. The number of nitrogens with one attached hydrogen (secondary N) is 1. The fraction of sp³-hybridized carbons (Fsp3) is 0.438. The summed E-state index contributed by atoms with van der Waals surface area (Å²) in [6.45, 7) is 8.12. The number of hydrogen-bond acceptors (Lipinski definition) is 3. The van der Waals surface area contributed by atoms with Gasteiger partial charge in [-0.15, -0.1) is 0 Å². The molecule has 4 nitrogen and oxygen atoms in total. The van der Waals surface area contributed by atoms with E-state index in [9.17, 15) is 0 Å². The van der Waals surface area contributed by atoms with Gasteiger partial charge in [0, 0.05) is 30.9 Å². The average Bonchev–Trinajstić information content (AvgIpc) is 2.92.